The molecule has 80 valence electrons. The highest BCUT2D eigenvalue weighted by Crippen LogP contribution is 2.17. The fourth-order valence-corrected chi connectivity index (χ4v) is 1.99. The van der Waals surface area contributed by atoms with Crippen molar-refractivity contribution in [3.05, 3.63) is 11.6 Å². The number of aliphatic imine (C=N–C) groups is 1. The van der Waals surface area contributed by atoms with Crippen LogP contribution in [-0.2, 0) is 0 Å². The van der Waals surface area contributed by atoms with Gasteiger partial charge in [0.25, 0.3) is 0 Å². The summed E-state index contributed by atoms with van der Waals surface area (Å²) in [6.07, 6.45) is 7.45. The molecule has 1 rings (SSSR count). The van der Waals surface area contributed by atoms with Crippen LogP contribution in [0.15, 0.2) is 16.6 Å². The fourth-order valence-electron chi connectivity index (χ4n) is 1.91. The lowest BCUT2D eigenvalue weighted by Gasteiger charge is -2.13. The van der Waals surface area contributed by atoms with Gasteiger partial charge in [0, 0.05) is 24.5 Å². The van der Waals surface area contributed by atoms with Crippen LogP contribution in [0.25, 0.3) is 0 Å². The molecule has 1 aliphatic heterocycles. The molecule has 1 heterocycles. The van der Waals surface area contributed by atoms with Gasteiger partial charge < -0.3 is 5.32 Å². The fraction of sp³-hybridized carbons (Fsp3) is 0.727. The zero-order chi connectivity index (χ0) is 10.4. The van der Waals surface area contributed by atoms with E-state index >= 15 is 0 Å². The zero-order valence-electron chi connectivity index (χ0n) is 8.98. The molecule has 1 unspecified atom stereocenters. The molecule has 1 fully saturated rings. The largest absolute Gasteiger partial charge is 0.306 e. The third-order valence-corrected chi connectivity index (χ3v) is 2.58. The van der Waals surface area contributed by atoms with E-state index in [0.717, 1.165) is 5.92 Å². The van der Waals surface area contributed by atoms with Gasteiger partial charge in [0.15, 0.2) is 0 Å². The van der Waals surface area contributed by atoms with E-state index in [2.05, 4.69) is 36.8 Å². The van der Waals surface area contributed by atoms with E-state index in [4.69, 9.17) is 0 Å². The Bertz CT molecular complexity index is 211. The van der Waals surface area contributed by atoms with E-state index < -0.39 is 0 Å². The van der Waals surface area contributed by atoms with E-state index in [1.165, 1.54) is 19.3 Å². The molecular formula is C11H20N2S. The highest BCUT2D eigenvalue weighted by atomic mass is 32.1. The van der Waals surface area contributed by atoms with Crippen LogP contribution in [0, 0.1) is 5.92 Å². The van der Waals surface area contributed by atoms with Crippen LogP contribution in [0.4, 0.5) is 0 Å². The van der Waals surface area contributed by atoms with E-state index in [0.29, 0.717) is 12.1 Å². The third kappa shape index (κ3) is 4.29. The van der Waals surface area contributed by atoms with E-state index in [9.17, 15) is 0 Å². The van der Waals surface area contributed by atoms with Gasteiger partial charge >= 0.3 is 0 Å². The standard InChI is InChI=1S/C11H20N2S/c1-9(2)7-10-3-4-11(13-10)8-12-5-6-14/h5-6,8-11,13-14H,3-4,7H2,1-2H3/b6-5-,12-8?/t10?,11-/m1/s1. The van der Waals surface area contributed by atoms with Crippen molar-refractivity contribution in [1.29, 1.82) is 0 Å². The number of nitrogens with one attached hydrogen (secondary N) is 1. The average Bonchev–Trinajstić information content (AvgIpc) is 2.52. The molecule has 0 bridgehead atoms. The predicted molar refractivity (Wildman–Crippen MR) is 66.0 cm³/mol. The SMILES string of the molecule is CC(C)CC1CC[C@H](C=N/C=C\S)N1. The topological polar surface area (TPSA) is 24.4 Å². The maximum atomic E-state index is 4.14. The molecule has 0 aliphatic carbocycles. The van der Waals surface area contributed by atoms with Crippen LogP contribution in [-0.4, -0.2) is 18.3 Å². The summed E-state index contributed by atoms with van der Waals surface area (Å²) in [6, 6.07) is 1.15. The summed E-state index contributed by atoms with van der Waals surface area (Å²) in [6.45, 7) is 4.54. The molecule has 0 aromatic rings. The predicted octanol–water partition coefficient (Wildman–Crippen LogP) is 2.62. The molecule has 0 aromatic carbocycles. The van der Waals surface area contributed by atoms with Gasteiger partial charge in [0.05, 0.1) is 0 Å². The lowest BCUT2D eigenvalue weighted by molar-refractivity contribution is 0.459. The first kappa shape index (κ1) is 11.8. The molecule has 14 heavy (non-hydrogen) atoms. The molecule has 2 nitrogen and oxygen atoms in total. The third-order valence-electron chi connectivity index (χ3n) is 2.45. The highest BCUT2D eigenvalue weighted by molar-refractivity contribution is 7.83. The van der Waals surface area contributed by atoms with Crippen LogP contribution >= 0.6 is 12.6 Å². The van der Waals surface area contributed by atoms with Crippen LogP contribution < -0.4 is 5.32 Å². The zero-order valence-corrected chi connectivity index (χ0v) is 9.87. The number of rotatable bonds is 4. The van der Waals surface area contributed by atoms with Crippen LogP contribution in [0.5, 0.6) is 0 Å². The first-order valence-electron chi connectivity index (χ1n) is 5.31. The summed E-state index contributed by atoms with van der Waals surface area (Å²) in [5.74, 6) is 0.778. The average molecular weight is 212 g/mol. The minimum atomic E-state index is 0.461. The summed E-state index contributed by atoms with van der Waals surface area (Å²) in [5.41, 5.74) is 0. The minimum Gasteiger partial charge on any atom is -0.306 e. The molecule has 2 atom stereocenters. The molecule has 0 aromatic heterocycles. The van der Waals surface area contributed by atoms with Crippen LogP contribution in [0.2, 0.25) is 0 Å². The molecule has 0 amide bonds. The molecule has 0 spiro atoms. The highest BCUT2D eigenvalue weighted by Gasteiger charge is 2.22. The number of hydrogen-bond donors (Lipinski definition) is 2. The van der Waals surface area contributed by atoms with Gasteiger partial charge in [-0.2, -0.15) is 0 Å². The van der Waals surface area contributed by atoms with Gasteiger partial charge in [-0.15, -0.1) is 12.6 Å². The first-order valence-corrected chi connectivity index (χ1v) is 5.82. The quantitative estimate of drug-likeness (QED) is 0.543. The van der Waals surface area contributed by atoms with Gasteiger partial charge in [-0.25, -0.2) is 0 Å². The number of thiol groups is 1. The Morgan fingerprint density at radius 3 is 2.93 bits per heavy atom. The molecule has 1 N–H and O–H groups in total. The normalized spacial score (nSPS) is 28.6. The molecule has 0 saturated carbocycles. The second kappa shape index (κ2) is 6.25. The van der Waals surface area contributed by atoms with Crippen molar-refractivity contribution in [2.45, 2.75) is 45.2 Å². The van der Waals surface area contributed by atoms with Crippen molar-refractivity contribution < 1.29 is 0 Å². The lowest BCUT2D eigenvalue weighted by Crippen LogP contribution is -2.31. The second-order valence-corrected chi connectivity index (χ2v) is 4.57. The molecule has 1 saturated heterocycles. The second-order valence-electron chi connectivity index (χ2n) is 4.27. The van der Waals surface area contributed by atoms with Gasteiger partial charge in [-0.05, 0) is 30.6 Å². The van der Waals surface area contributed by atoms with Gasteiger partial charge in [-0.3, -0.25) is 4.99 Å². The van der Waals surface area contributed by atoms with E-state index in [1.807, 2.05) is 6.21 Å². The number of hydrogen-bond acceptors (Lipinski definition) is 3. The summed E-state index contributed by atoms with van der Waals surface area (Å²) < 4.78 is 0. The van der Waals surface area contributed by atoms with Crippen molar-refractivity contribution in [2.24, 2.45) is 10.9 Å². The molecule has 3 heteroatoms. The van der Waals surface area contributed by atoms with Crippen molar-refractivity contribution in [1.82, 2.24) is 5.32 Å². The maximum absolute atomic E-state index is 4.14. The Balaban J connectivity index is 2.26. The molecule has 0 radical (unpaired) electrons. The summed E-state index contributed by atoms with van der Waals surface area (Å²) in [4.78, 5) is 4.14. The van der Waals surface area contributed by atoms with Gasteiger partial charge in [-0.1, -0.05) is 13.8 Å². The Morgan fingerprint density at radius 1 is 1.50 bits per heavy atom. The monoisotopic (exact) mass is 212 g/mol. The van der Waals surface area contributed by atoms with Crippen molar-refractivity contribution in [2.75, 3.05) is 0 Å². The first-order chi connectivity index (χ1) is 6.72. The van der Waals surface area contributed by atoms with E-state index in [-0.39, 0.29) is 0 Å². The summed E-state index contributed by atoms with van der Waals surface area (Å²) >= 11 is 3.95. The Kier molecular flexibility index (Phi) is 5.26. The van der Waals surface area contributed by atoms with Crippen LogP contribution in [0.3, 0.4) is 0 Å². The lowest BCUT2D eigenvalue weighted by atomic mass is 10.0. The Morgan fingerprint density at radius 2 is 2.29 bits per heavy atom. The maximum Gasteiger partial charge on any atom is 0.0427 e. The van der Waals surface area contributed by atoms with Gasteiger partial charge in [0.2, 0.25) is 0 Å². The minimum absolute atomic E-state index is 0.461. The van der Waals surface area contributed by atoms with E-state index in [1.54, 1.807) is 11.6 Å². The summed E-state index contributed by atoms with van der Waals surface area (Å²) in [7, 11) is 0. The number of nitrogens with zero attached hydrogens (tertiary/aromatic N) is 1. The smallest absolute Gasteiger partial charge is 0.0427 e. The Hall–Kier alpha value is -0.280. The van der Waals surface area contributed by atoms with Crippen molar-refractivity contribution in [3.63, 3.8) is 0 Å². The summed E-state index contributed by atoms with van der Waals surface area (Å²) in [5, 5.41) is 5.22. The van der Waals surface area contributed by atoms with Crippen molar-refractivity contribution in [3.8, 4) is 0 Å². The Labute approximate surface area is 92.3 Å². The van der Waals surface area contributed by atoms with Crippen molar-refractivity contribution >= 4 is 18.8 Å². The molecule has 1 aliphatic rings. The van der Waals surface area contributed by atoms with Gasteiger partial charge in [0.1, 0.15) is 0 Å². The van der Waals surface area contributed by atoms with Crippen LogP contribution in [0.1, 0.15) is 33.1 Å². The molecular weight excluding hydrogens is 192 g/mol.